The number of hydrogen-bond donors (Lipinski definition) is 0. The first kappa shape index (κ1) is 15.0. The van der Waals surface area contributed by atoms with Crippen LogP contribution in [0.25, 0.3) is 0 Å². The molecule has 1 aliphatic rings. The van der Waals surface area contributed by atoms with Crippen LogP contribution in [0.1, 0.15) is 18.4 Å². The molecule has 1 atom stereocenters. The largest absolute Gasteiger partial charge is 0.305 e. The van der Waals surface area contributed by atoms with E-state index >= 15 is 0 Å². The molecule has 0 spiro atoms. The lowest BCUT2D eigenvalue weighted by Crippen LogP contribution is -2.47. The van der Waals surface area contributed by atoms with E-state index in [-0.39, 0.29) is 10.9 Å². The molecule has 0 radical (unpaired) electrons. The Hall–Kier alpha value is -1.42. The maximum atomic E-state index is 12.6. The number of likely N-dealkylation sites (N-methyl/N-ethyl adjacent to an activating group) is 1. The normalized spacial score (nSPS) is 20.8. The van der Waals surface area contributed by atoms with Gasteiger partial charge in [0.1, 0.15) is 0 Å². The van der Waals surface area contributed by atoms with Gasteiger partial charge in [0.05, 0.1) is 16.5 Å². The predicted molar refractivity (Wildman–Crippen MR) is 76.6 cm³/mol. The Labute approximate surface area is 120 Å². The Kier molecular flexibility index (Phi) is 4.43. The van der Waals surface area contributed by atoms with Crippen molar-refractivity contribution in [2.45, 2.75) is 23.8 Å². The van der Waals surface area contributed by atoms with E-state index in [4.69, 9.17) is 5.26 Å². The summed E-state index contributed by atoms with van der Waals surface area (Å²) < 4.78 is 26.8. The Morgan fingerprint density at radius 2 is 2.15 bits per heavy atom. The fraction of sp³-hybridized carbons (Fsp3) is 0.500. The monoisotopic (exact) mass is 293 g/mol. The molecular weight excluding hydrogens is 274 g/mol. The standard InChI is InChI=1S/C14H19N3O2S/c1-16(2)13-6-4-8-17(11-13)20(18,19)14-7-3-5-12(9-14)10-15/h3,5,7,9,13H,4,6,8,11H2,1-2H3. The highest BCUT2D eigenvalue weighted by molar-refractivity contribution is 7.89. The van der Waals surface area contributed by atoms with Crippen molar-refractivity contribution in [1.82, 2.24) is 9.21 Å². The van der Waals surface area contributed by atoms with Gasteiger partial charge in [-0.3, -0.25) is 0 Å². The third-order valence-electron chi connectivity index (χ3n) is 3.69. The van der Waals surface area contributed by atoms with Crippen LogP contribution in [0, 0.1) is 11.3 Å². The number of piperidine rings is 1. The van der Waals surface area contributed by atoms with Crippen molar-refractivity contribution in [1.29, 1.82) is 5.26 Å². The number of nitrogens with zero attached hydrogens (tertiary/aromatic N) is 3. The van der Waals surface area contributed by atoms with Gasteiger partial charge in [0, 0.05) is 19.1 Å². The molecule has 1 aromatic carbocycles. The van der Waals surface area contributed by atoms with Gasteiger partial charge in [0.25, 0.3) is 0 Å². The third kappa shape index (κ3) is 3.01. The van der Waals surface area contributed by atoms with Crippen molar-refractivity contribution < 1.29 is 8.42 Å². The first-order valence-electron chi connectivity index (χ1n) is 6.62. The van der Waals surface area contributed by atoms with Crippen LogP contribution < -0.4 is 0 Å². The average molecular weight is 293 g/mol. The van der Waals surface area contributed by atoms with Crippen LogP contribution in [0.3, 0.4) is 0 Å². The first-order chi connectivity index (χ1) is 9.45. The van der Waals surface area contributed by atoms with E-state index in [1.807, 2.05) is 20.2 Å². The minimum Gasteiger partial charge on any atom is -0.305 e. The molecule has 5 nitrogen and oxygen atoms in total. The zero-order valence-corrected chi connectivity index (χ0v) is 12.6. The summed E-state index contributed by atoms with van der Waals surface area (Å²) in [6.07, 6.45) is 1.87. The SMILES string of the molecule is CN(C)C1CCCN(S(=O)(=O)c2cccc(C#N)c2)C1. The molecule has 0 amide bonds. The first-order valence-corrected chi connectivity index (χ1v) is 8.06. The molecule has 1 fully saturated rings. The van der Waals surface area contributed by atoms with Gasteiger partial charge in [-0.25, -0.2) is 8.42 Å². The van der Waals surface area contributed by atoms with E-state index in [0.717, 1.165) is 12.8 Å². The van der Waals surface area contributed by atoms with Gasteiger partial charge in [-0.15, -0.1) is 0 Å². The van der Waals surface area contributed by atoms with Crippen molar-refractivity contribution >= 4 is 10.0 Å². The minimum atomic E-state index is -3.51. The van der Waals surface area contributed by atoms with Crippen LogP contribution in [0.2, 0.25) is 0 Å². The topological polar surface area (TPSA) is 64.4 Å². The molecular formula is C14H19N3O2S. The number of rotatable bonds is 3. The molecule has 1 aromatic rings. The Morgan fingerprint density at radius 1 is 1.40 bits per heavy atom. The number of benzene rings is 1. The molecule has 0 bridgehead atoms. The van der Waals surface area contributed by atoms with Gasteiger partial charge in [0.15, 0.2) is 0 Å². The van der Waals surface area contributed by atoms with Gasteiger partial charge in [-0.1, -0.05) is 6.07 Å². The lowest BCUT2D eigenvalue weighted by Gasteiger charge is -2.35. The van der Waals surface area contributed by atoms with Crippen LogP contribution in [-0.4, -0.2) is 50.8 Å². The molecule has 0 saturated carbocycles. The molecule has 2 rings (SSSR count). The maximum Gasteiger partial charge on any atom is 0.243 e. The molecule has 1 unspecified atom stereocenters. The second-order valence-corrected chi connectivity index (χ2v) is 7.20. The summed E-state index contributed by atoms with van der Waals surface area (Å²) in [6.45, 7) is 1.05. The summed E-state index contributed by atoms with van der Waals surface area (Å²) in [7, 11) is 0.433. The molecule has 0 N–H and O–H groups in total. The Balaban J connectivity index is 2.28. The molecule has 108 valence electrons. The Morgan fingerprint density at radius 3 is 2.80 bits per heavy atom. The number of nitriles is 1. The Bertz CT molecular complexity index is 620. The molecule has 1 heterocycles. The summed E-state index contributed by atoms with van der Waals surface area (Å²) in [5.41, 5.74) is 0.368. The second kappa shape index (κ2) is 5.92. The molecule has 0 aliphatic carbocycles. The van der Waals surface area contributed by atoms with Crippen molar-refractivity contribution in [3.05, 3.63) is 29.8 Å². The highest BCUT2D eigenvalue weighted by atomic mass is 32.2. The van der Waals surface area contributed by atoms with Gasteiger partial charge >= 0.3 is 0 Å². The summed E-state index contributed by atoms with van der Waals surface area (Å²) in [6, 6.07) is 8.44. The van der Waals surface area contributed by atoms with Crippen molar-refractivity contribution in [3.63, 3.8) is 0 Å². The number of hydrogen-bond acceptors (Lipinski definition) is 4. The predicted octanol–water partition coefficient (Wildman–Crippen LogP) is 1.27. The lowest BCUT2D eigenvalue weighted by molar-refractivity contribution is 0.190. The van der Waals surface area contributed by atoms with Crippen molar-refractivity contribution in [3.8, 4) is 6.07 Å². The fourth-order valence-corrected chi connectivity index (χ4v) is 4.00. The van der Waals surface area contributed by atoms with Crippen LogP contribution in [0.5, 0.6) is 0 Å². The van der Waals surface area contributed by atoms with Gasteiger partial charge < -0.3 is 4.90 Å². The van der Waals surface area contributed by atoms with E-state index in [1.165, 1.54) is 10.4 Å². The van der Waals surface area contributed by atoms with Gasteiger partial charge in [-0.2, -0.15) is 9.57 Å². The van der Waals surface area contributed by atoms with Crippen LogP contribution in [0.4, 0.5) is 0 Å². The average Bonchev–Trinajstić information content (AvgIpc) is 2.47. The van der Waals surface area contributed by atoms with E-state index in [2.05, 4.69) is 4.90 Å². The summed E-state index contributed by atoms with van der Waals surface area (Å²) in [5, 5.41) is 8.89. The molecule has 1 aliphatic heterocycles. The zero-order chi connectivity index (χ0) is 14.8. The molecule has 0 aromatic heterocycles. The number of sulfonamides is 1. The molecule has 20 heavy (non-hydrogen) atoms. The zero-order valence-electron chi connectivity index (χ0n) is 11.8. The van der Waals surface area contributed by atoms with E-state index < -0.39 is 10.0 Å². The third-order valence-corrected chi connectivity index (χ3v) is 5.55. The summed E-state index contributed by atoms with van der Waals surface area (Å²) in [5.74, 6) is 0. The van der Waals surface area contributed by atoms with Crippen LogP contribution in [0.15, 0.2) is 29.2 Å². The minimum absolute atomic E-state index is 0.205. The second-order valence-electron chi connectivity index (χ2n) is 5.26. The van der Waals surface area contributed by atoms with Crippen LogP contribution in [-0.2, 0) is 10.0 Å². The summed E-state index contributed by atoms with van der Waals surface area (Å²) >= 11 is 0. The fourth-order valence-electron chi connectivity index (χ4n) is 2.44. The van der Waals surface area contributed by atoms with Gasteiger partial charge in [-0.05, 0) is 45.1 Å². The van der Waals surface area contributed by atoms with Gasteiger partial charge in [0.2, 0.25) is 10.0 Å². The lowest BCUT2D eigenvalue weighted by atomic mass is 10.1. The van der Waals surface area contributed by atoms with E-state index in [1.54, 1.807) is 18.2 Å². The van der Waals surface area contributed by atoms with E-state index in [0.29, 0.717) is 18.7 Å². The highest BCUT2D eigenvalue weighted by Gasteiger charge is 2.31. The quantitative estimate of drug-likeness (QED) is 0.842. The smallest absolute Gasteiger partial charge is 0.243 e. The highest BCUT2D eigenvalue weighted by Crippen LogP contribution is 2.22. The molecule has 6 heteroatoms. The van der Waals surface area contributed by atoms with Crippen molar-refractivity contribution in [2.75, 3.05) is 27.2 Å². The maximum absolute atomic E-state index is 12.6. The summed E-state index contributed by atoms with van der Waals surface area (Å²) in [4.78, 5) is 2.27. The van der Waals surface area contributed by atoms with Crippen LogP contribution >= 0.6 is 0 Å². The van der Waals surface area contributed by atoms with Crippen molar-refractivity contribution in [2.24, 2.45) is 0 Å². The van der Waals surface area contributed by atoms with E-state index in [9.17, 15) is 8.42 Å². The molecule has 1 saturated heterocycles.